The Hall–Kier alpha value is -1.13. The zero-order valence-corrected chi connectivity index (χ0v) is 13.8. The summed E-state index contributed by atoms with van der Waals surface area (Å²) in [6.45, 7) is 7.83. The van der Waals surface area contributed by atoms with Gasteiger partial charge in [0.2, 0.25) is 0 Å². The molecule has 4 heteroatoms. The highest BCUT2D eigenvalue weighted by molar-refractivity contribution is 9.10. The first kappa shape index (κ1) is 15.3. The van der Waals surface area contributed by atoms with Crippen LogP contribution in [-0.4, -0.2) is 22.9 Å². The third kappa shape index (κ3) is 2.81. The minimum absolute atomic E-state index is 0.0976. The molecule has 0 amide bonds. The van der Waals surface area contributed by atoms with E-state index in [1.165, 1.54) is 0 Å². The van der Waals surface area contributed by atoms with Gasteiger partial charge in [0.25, 0.3) is 0 Å². The number of likely N-dealkylation sites (N-methyl/N-ethyl adjacent to an activating group) is 1. The Morgan fingerprint density at radius 3 is 2.70 bits per heavy atom. The summed E-state index contributed by atoms with van der Waals surface area (Å²) in [5, 5.41) is 4.30. The van der Waals surface area contributed by atoms with Gasteiger partial charge in [-0.2, -0.15) is 0 Å². The lowest BCUT2D eigenvalue weighted by Gasteiger charge is -2.13. The van der Waals surface area contributed by atoms with Crippen LogP contribution >= 0.6 is 15.9 Å². The van der Waals surface area contributed by atoms with Crippen molar-refractivity contribution < 1.29 is 4.79 Å². The largest absolute Gasteiger partial charge is 0.347 e. The SMILES string of the molecule is CCNC(CC)C(=O)c1cn(CC)c2cc(Br)ccc12. The number of nitrogens with one attached hydrogen (secondary N) is 1. The Bertz CT molecular complexity index is 618. The molecule has 0 radical (unpaired) electrons. The van der Waals surface area contributed by atoms with Gasteiger partial charge in [-0.3, -0.25) is 4.79 Å². The predicted molar refractivity (Wildman–Crippen MR) is 87.4 cm³/mol. The standard InChI is InChI=1S/C16H21BrN2O/c1-4-14(18-5-2)16(20)13-10-19(6-3)15-9-11(17)7-8-12(13)15/h7-10,14,18H,4-6H2,1-3H3. The maximum Gasteiger partial charge on any atom is 0.181 e. The summed E-state index contributed by atoms with van der Waals surface area (Å²) in [6.07, 6.45) is 2.79. The minimum Gasteiger partial charge on any atom is -0.347 e. The summed E-state index contributed by atoms with van der Waals surface area (Å²) in [4.78, 5) is 12.7. The molecule has 0 spiro atoms. The number of hydrogen-bond acceptors (Lipinski definition) is 2. The fourth-order valence-electron chi connectivity index (χ4n) is 2.58. The van der Waals surface area contributed by atoms with E-state index < -0.39 is 0 Å². The highest BCUT2D eigenvalue weighted by Gasteiger charge is 2.21. The number of rotatable bonds is 6. The van der Waals surface area contributed by atoms with Gasteiger partial charge in [0.1, 0.15) is 0 Å². The molecule has 2 rings (SSSR count). The number of aromatic nitrogens is 1. The third-order valence-electron chi connectivity index (χ3n) is 3.63. The molecule has 0 saturated carbocycles. The number of ketones is 1. The minimum atomic E-state index is -0.0976. The van der Waals surface area contributed by atoms with Crippen LogP contribution < -0.4 is 5.32 Å². The number of nitrogens with zero attached hydrogens (tertiary/aromatic N) is 1. The van der Waals surface area contributed by atoms with E-state index in [4.69, 9.17) is 0 Å². The molecular formula is C16H21BrN2O. The van der Waals surface area contributed by atoms with Crippen molar-refractivity contribution >= 4 is 32.6 Å². The second-order valence-electron chi connectivity index (χ2n) is 4.87. The van der Waals surface area contributed by atoms with E-state index >= 15 is 0 Å². The van der Waals surface area contributed by atoms with Crippen molar-refractivity contribution in [2.45, 2.75) is 39.8 Å². The highest BCUT2D eigenvalue weighted by atomic mass is 79.9. The van der Waals surface area contributed by atoms with Crippen molar-refractivity contribution in [3.05, 3.63) is 34.4 Å². The summed E-state index contributed by atoms with van der Waals surface area (Å²) in [5.74, 6) is 0.189. The number of carbonyl (C=O) groups excluding carboxylic acids is 1. The predicted octanol–water partition coefficient (Wildman–Crippen LogP) is 3.99. The van der Waals surface area contributed by atoms with Gasteiger partial charge in [0.05, 0.1) is 6.04 Å². The van der Waals surface area contributed by atoms with Crippen molar-refractivity contribution in [1.82, 2.24) is 9.88 Å². The highest BCUT2D eigenvalue weighted by Crippen LogP contribution is 2.26. The van der Waals surface area contributed by atoms with Crippen LogP contribution in [0, 0.1) is 0 Å². The van der Waals surface area contributed by atoms with Crippen LogP contribution in [0.4, 0.5) is 0 Å². The number of hydrogen-bond donors (Lipinski definition) is 1. The lowest BCUT2D eigenvalue weighted by Crippen LogP contribution is -2.35. The van der Waals surface area contributed by atoms with Crippen LogP contribution in [0.1, 0.15) is 37.6 Å². The first-order valence-corrected chi connectivity index (χ1v) is 7.97. The number of Topliss-reactive ketones (excluding diaryl/α,β-unsaturated/α-hetero) is 1. The smallest absolute Gasteiger partial charge is 0.181 e. The number of benzene rings is 1. The van der Waals surface area contributed by atoms with E-state index in [2.05, 4.69) is 38.8 Å². The Balaban J connectivity index is 2.51. The summed E-state index contributed by atoms with van der Waals surface area (Å²) in [5.41, 5.74) is 1.93. The Kier molecular flexibility index (Phi) is 5.00. The summed E-state index contributed by atoms with van der Waals surface area (Å²) in [6, 6.07) is 5.99. The topological polar surface area (TPSA) is 34.0 Å². The number of fused-ring (bicyclic) bond motifs is 1. The second kappa shape index (κ2) is 6.55. The van der Waals surface area contributed by atoms with Gasteiger partial charge in [0.15, 0.2) is 5.78 Å². The first-order chi connectivity index (χ1) is 9.62. The van der Waals surface area contributed by atoms with E-state index in [0.29, 0.717) is 0 Å². The second-order valence-corrected chi connectivity index (χ2v) is 5.79. The van der Waals surface area contributed by atoms with Crippen molar-refractivity contribution in [2.24, 2.45) is 0 Å². The Morgan fingerprint density at radius 2 is 2.10 bits per heavy atom. The molecule has 0 aliphatic rings. The van der Waals surface area contributed by atoms with Crippen LogP contribution in [-0.2, 0) is 6.54 Å². The van der Waals surface area contributed by atoms with Crippen molar-refractivity contribution in [2.75, 3.05) is 6.54 Å². The molecular weight excluding hydrogens is 316 g/mol. The molecule has 0 saturated heterocycles. The molecule has 3 nitrogen and oxygen atoms in total. The molecule has 108 valence electrons. The van der Waals surface area contributed by atoms with Gasteiger partial charge in [0, 0.05) is 33.7 Å². The lowest BCUT2D eigenvalue weighted by molar-refractivity contribution is 0.0943. The third-order valence-corrected chi connectivity index (χ3v) is 4.12. The Labute approximate surface area is 128 Å². The lowest BCUT2D eigenvalue weighted by atomic mass is 10.0. The number of halogens is 1. The van der Waals surface area contributed by atoms with Crippen LogP contribution in [0.25, 0.3) is 10.9 Å². The average Bonchev–Trinajstić information content (AvgIpc) is 2.81. The average molecular weight is 337 g/mol. The molecule has 1 heterocycles. The van der Waals surface area contributed by atoms with Gasteiger partial charge in [-0.25, -0.2) is 0 Å². The number of aryl methyl sites for hydroxylation is 1. The molecule has 0 bridgehead atoms. The van der Waals surface area contributed by atoms with E-state index in [-0.39, 0.29) is 11.8 Å². The van der Waals surface area contributed by atoms with Crippen molar-refractivity contribution in [3.63, 3.8) is 0 Å². The van der Waals surface area contributed by atoms with E-state index in [1.807, 2.05) is 32.2 Å². The van der Waals surface area contributed by atoms with Crippen LogP contribution in [0.2, 0.25) is 0 Å². The molecule has 20 heavy (non-hydrogen) atoms. The summed E-state index contributed by atoms with van der Waals surface area (Å²) in [7, 11) is 0. The van der Waals surface area contributed by atoms with Crippen molar-refractivity contribution in [3.8, 4) is 0 Å². The Morgan fingerprint density at radius 1 is 1.35 bits per heavy atom. The van der Waals surface area contributed by atoms with E-state index in [0.717, 1.165) is 40.4 Å². The molecule has 2 aromatic rings. The maximum atomic E-state index is 12.7. The van der Waals surface area contributed by atoms with Gasteiger partial charge in [-0.15, -0.1) is 0 Å². The van der Waals surface area contributed by atoms with Crippen LogP contribution in [0.5, 0.6) is 0 Å². The molecule has 1 N–H and O–H groups in total. The van der Waals surface area contributed by atoms with E-state index in [9.17, 15) is 4.79 Å². The zero-order valence-electron chi connectivity index (χ0n) is 12.2. The van der Waals surface area contributed by atoms with Gasteiger partial charge in [-0.05, 0) is 32.0 Å². The molecule has 0 aliphatic carbocycles. The van der Waals surface area contributed by atoms with Crippen LogP contribution in [0.3, 0.4) is 0 Å². The molecule has 0 fully saturated rings. The van der Waals surface area contributed by atoms with Gasteiger partial charge >= 0.3 is 0 Å². The summed E-state index contributed by atoms with van der Waals surface area (Å²) >= 11 is 3.50. The fraction of sp³-hybridized carbons (Fsp3) is 0.438. The van der Waals surface area contributed by atoms with Gasteiger partial charge in [-0.1, -0.05) is 35.8 Å². The van der Waals surface area contributed by atoms with E-state index in [1.54, 1.807) is 0 Å². The molecule has 1 aromatic carbocycles. The monoisotopic (exact) mass is 336 g/mol. The quantitative estimate of drug-likeness (QED) is 0.809. The molecule has 1 unspecified atom stereocenters. The molecule has 0 aliphatic heterocycles. The molecule has 1 aromatic heterocycles. The summed E-state index contributed by atoms with van der Waals surface area (Å²) < 4.78 is 3.17. The maximum absolute atomic E-state index is 12.7. The van der Waals surface area contributed by atoms with Crippen molar-refractivity contribution in [1.29, 1.82) is 0 Å². The first-order valence-electron chi connectivity index (χ1n) is 7.18. The zero-order chi connectivity index (χ0) is 14.7. The normalized spacial score (nSPS) is 12.8. The number of carbonyl (C=O) groups is 1. The van der Waals surface area contributed by atoms with Gasteiger partial charge < -0.3 is 9.88 Å². The van der Waals surface area contributed by atoms with Crippen LogP contribution in [0.15, 0.2) is 28.9 Å². The molecule has 1 atom stereocenters. The fourth-order valence-corrected chi connectivity index (χ4v) is 2.93.